The Balaban J connectivity index is 1.75. The van der Waals surface area contributed by atoms with Gasteiger partial charge in [-0.2, -0.15) is 4.98 Å². The van der Waals surface area contributed by atoms with Crippen LogP contribution in [-0.4, -0.2) is 53.2 Å². The van der Waals surface area contributed by atoms with Gasteiger partial charge in [0.1, 0.15) is 0 Å². The maximum atomic E-state index is 5.46. The van der Waals surface area contributed by atoms with Gasteiger partial charge in [-0.25, -0.2) is 0 Å². The second-order valence-corrected chi connectivity index (χ2v) is 5.46. The molecule has 1 fully saturated rings. The zero-order valence-corrected chi connectivity index (χ0v) is 12.0. The first-order valence-electron chi connectivity index (χ1n) is 7.13. The molecule has 0 radical (unpaired) electrons. The number of likely N-dealkylation sites (tertiary alicyclic amines) is 1. The third-order valence-corrected chi connectivity index (χ3v) is 3.59. The number of rotatable bonds is 7. The van der Waals surface area contributed by atoms with Crippen LogP contribution in [0.5, 0.6) is 0 Å². The van der Waals surface area contributed by atoms with Crippen LogP contribution in [0.3, 0.4) is 0 Å². The summed E-state index contributed by atoms with van der Waals surface area (Å²) in [5.74, 6) is 2.04. The summed E-state index contributed by atoms with van der Waals surface area (Å²) in [4.78, 5) is 9.08. The van der Waals surface area contributed by atoms with Crippen LogP contribution in [0.25, 0.3) is 0 Å². The molecule has 0 spiro atoms. The average molecular weight is 267 g/mol. The third-order valence-electron chi connectivity index (χ3n) is 3.59. The average Bonchev–Trinajstić information content (AvgIpc) is 2.99. The van der Waals surface area contributed by atoms with E-state index in [1.165, 1.54) is 25.9 Å². The van der Waals surface area contributed by atoms with Gasteiger partial charge in [-0.05, 0) is 38.9 Å². The summed E-state index contributed by atoms with van der Waals surface area (Å²) in [5.41, 5.74) is 5.46. The molecule has 1 aromatic rings. The van der Waals surface area contributed by atoms with Crippen molar-refractivity contribution < 1.29 is 4.52 Å². The Morgan fingerprint density at radius 3 is 3.05 bits per heavy atom. The van der Waals surface area contributed by atoms with E-state index in [0.29, 0.717) is 12.4 Å². The van der Waals surface area contributed by atoms with Gasteiger partial charge in [0.15, 0.2) is 5.82 Å². The first-order chi connectivity index (χ1) is 9.21. The van der Waals surface area contributed by atoms with Gasteiger partial charge in [0.05, 0.1) is 13.1 Å². The van der Waals surface area contributed by atoms with Crippen LogP contribution < -0.4 is 5.73 Å². The maximum Gasteiger partial charge on any atom is 0.240 e. The Labute approximate surface area is 114 Å². The molecular weight excluding hydrogens is 242 g/mol. The standard InChI is InChI=1S/C13H25N5O/c1-3-5-17(2)8-11-4-6-18(9-11)10-12-15-13(7-14)19-16-12/h11H,3-10,14H2,1-2H3. The van der Waals surface area contributed by atoms with Gasteiger partial charge >= 0.3 is 0 Å². The fourth-order valence-electron chi connectivity index (χ4n) is 2.76. The third kappa shape index (κ3) is 4.26. The molecule has 1 aliphatic heterocycles. The van der Waals surface area contributed by atoms with E-state index in [1.54, 1.807) is 0 Å². The molecule has 0 bridgehead atoms. The molecule has 2 rings (SSSR count). The summed E-state index contributed by atoms with van der Waals surface area (Å²) in [6.45, 7) is 7.93. The summed E-state index contributed by atoms with van der Waals surface area (Å²) in [6, 6.07) is 0. The number of hydrogen-bond acceptors (Lipinski definition) is 6. The van der Waals surface area contributed by atoms with Crippen molar-refractivity contribution in [2.45, 2.75) is 32.9 Å². The molecule has 1 atom stereocenters. The predicted molar refractivity (Wildman–Crippen MR) is 73.4 cm³/mol. The molecule has 108 valence electrons. The van der Waals surface area contributed by atoms with Crippen LogP contribution in [0.15, 0.2) is 4.52 Å². The van der Waals surface area contributed by atoms with Gasteiger partial charge in [0.25, 0.3) is 0 Å². The smallest absolute Gasteiger partial charge is 0.240 e. The van der Waals surface area contributed by atoms with E-state index < -0.39 is 0 Å². The summed E-state index contributed by atoms with van der Waals surface area (Å²) in [6.07, 6.45) is 2.48. The molecule has 2 heterocycles. The van der Waals surface area contributed by atoms with Crippen molar-refractivity contribution in [1.82, 2.24) is 19.9 Å². The normalized spacial score (nSPS) is 20.5. The highest BCUT2D eigenvalue weighted by atomic mass is 16.5. The number of hydrogen-bond donors (Lipinski definition) is 1. The lowest BCUT2D eigenvalue weighted by atomic mass is 10.1. The quantitative estimate of drug-likeness (QED) is 0.784. The van der Waals surface area contributed by atoms with E-state index >= 15 is 0 Å². The van der Waals surface area contributed by atoms with Gasteiger partial charge in [-0.1, -0.05) is 12.1 Å². The molecule has 0 amide bonds. The second kappa shape index (κ2) is 6.98. The van der Waals surface area contributed by atoms with Crippen molar-refractivity contribution in [3.05, 3.63) is 11.7 Å². The van der Waals surface area contributed by atoms with E-state index in [9.17, 15) is 0 Å². The van der Waals surface area contributed by atoms with Crippen molar-refractivity contribution in [2.75, 3.05) is 33.2 Å². The summed E-state index contributed by atoms with van der Waals surface area (Å²) in [5, 5.41) is 3.95. The topological polar surface area (TPSA) is 71.4 Å². The minimum absolute atomic E-state index is 0.317. The van der Waals surface area contributed by atoms with Crippen LogP contribution in [0.1, 0.15) is 31.5 Å². The molecule has 1 unspecified atom stereocenters. The van der Waals surface area contributed by atoms with Gasteiger partial charge in [0, 0.05) is 13.1 Å². The molecule has 6 nitrogen and oxygen atoms in total. The molecule has 0 aromatic carbocycles. The first-order valence-corrected chi connectivity index (χ1v) is 7.13. The Morgan fingerprint density at radius 1 is 1.53 bits per heavy atom. The van der Waals surface area contributed by atoms with Crippen molar-refractivity contribution in [3.63, 3.8) is 0 Å². The minimum atomic E-state index is 0.317. The predicted octanol–water partition coefficient (Wildman–Crippen LogP) is 0.692. The van der Waals surface area contributed by atoms with E-state index in [1.807, 2.05) is 0 Å². The van der Waals surface area contributed by atoms with Gasteiger partial charge < -0.3 is 15.2 Å². The minimum Gasteiger partial charge on any atom is -0.338 e. The SMILES string of the molecule is CCCN(C)CC1CCN(Cc2noc(CN)n2)C1. The van der Waals surface area contributed by atoms with Crippen molar-refractivity contribution in [2.24, 2.45) is 11.7 Å². The van der Waals surface area contributed by atoms with E-state index in [2.05, 4.69) is 33.9 Å². The lowest BCUT2D eigenvalue weighted by Crippen LogP contribution is -2.28. The first kappa shape index (κ1) is 14.4. The number of aromatic nitrogens is 2. The fraction of sp³-hybridized carbons (Fsp3) is 0.846. The van der Waals surface area contributed by atoms with E-state index in [4.69, 9.17) is 10.3 Å². The largest absolute Gasteiger partial charge is 0.338 e. The van der Waals surface area contributed by atoms with Gasteiger partial charge in [-0.3, -0.25) is 4.90 Å². The van der Waals surface area contributed by atoms with Crippen molar-refractivity contribution in [1.29, 1.82) is 0 Å². The van der Waals surface area contributed by atoms with E-state index in [-0.39, 0.29) is 0 Å². The zero-order chi connectivity index (χ0) is 13.7. The van der Waals surface area contributed by atoms with Crippen molar-refractivity contribution in [3.8, 4) is 0 Å². The highest BCUT2D eigenvalue weighted by molar-refractivity contribution is 4.88. The lowest BCUT2D eigenvalue weighted by molar-refractivity contribution is 0.256. The Bertz CT molecular complexity index is 381. The summed E-state index contributed by atoms with van der Waals surface area (Å²) in [7, 11) is 2.21. The number of nitrogens with zero attached hydrogens (tertiary/aromatic N) is 4. The van der Waals surface area contributed by atoms with Gasteiger partial charge in [-0.15, -0.1) is 0 Å². The van der Waals surface area contributed by atoms with Crippen LogP contribution in [0.4, 0.5) is 0 Å². The van der Waals surface area contributed by atoms with Crippen LogP contribution >= 0.6 is 0 Å². The monoisotopic (exact) mass is 267 g/mol. The van der Waals surface area contributed by atoms with Crippen LogP contribution in [-0.2, 0) is 13.1 Å². The second-order valence-electron chi connectivity index (χ2n) is 5.46. The summed E-state index contributed by atoms with van der Waals surface area (Å²) >= 11 is 0. The molecule has 19 heavy (non-hydrogen) atoms. The molecule has 1 aromatic heterocycles. The highest BCUT2D eigenvalue weighted by Gasteiger charge is 2.24. The molecule has 1 aliphatic rings. The fourth-order valence-corrected chi connectivity index (χ4v) is 2.76. The Morgan fingerprint density at radius 2 is 2.37 bits per heavy atom. The van der Waals surface area contributed by atoms with Crippen molar-refractivity contribution >= 4 is 0 Å². The van der Waals surface area contributed by atoms with Gasteiger partial charge in [0.2, 0.25) is 5.89 Å². The Hall–Kier alpha value is -0.980. The molecule has 6 heteroatoms. The zero-order valence-electron chi connectivity index (χ0n) is 12.0. The van der Waals surface area contributed by atoms with Crippen LogP contribution in [0, 0.1) is 5.92 Å². The lowest BCUT2D eigenvalue weighted by Gasteiger charge is -2.20. The molecule has 0 saturated carbocycles. The molecule has 1 saturated heterocycles. The highest BCUT2D eigenvalue weighted by Crippen LogP contribution is 2.18. The molecule has 0 aliphatic carbocycles. The number of nitrogens with two attached hydrogens (primary N) is 1. The molecular formula is C13H25N5O. The van der Waals surface area contributed by atoms with Crippen LogP contribution in [0.2, 0.25) is 0 Å². The maximum absolute atomic E-state index is 5.46. The Kier molecular flexibility index (Phi) is 5.30. The van der Waals surface area contributed by atoms with E-state index in [0.717, 1.165) is 31.4 Å². The molecule has 2 N–H and O–H groups in total. The summed E-state index contributed by atoms with van der Waals surface area (Å²) < 4.78 is 5.03.